The first kappa shape index (κ1) is 18.0. The Bertz CT molecular complexity index is 1120. The summed E-state index contributed by atoms with van der Waals surface area (Å²) in [7, 11) is 0. The zero-order chi connectivity index (χ0) is 19.6. The van der Waals surface area contributed by atoms with Gasteiger partial charge in [0.25, 0.3) is 0 Å². The molecule has 5 rings (SSSR count). The first-order valence-electron chi connectivity index (χ1n) is 9.46. The third-order valence-electron chi connectivity index (χ3n) is 4.95. The second kappa shape index (κ2) is 7.77. The number of halogens is 1. The van der Waals surface area contributed by atoms with Crippen LogP contribution in [0, 0.1) is 5.82 Å². The summed E-state index contributed by atoms with van der Waals surface area (Å²) in [5.74, 6) is 0.532. The van der Waals surface area contributed by atoms with Gasteiger partial charge in [0.2, 0.25) is 0 Å². The van der Waals surface area contributed by atoms with E-state index in [1.54, 1.807) is 29.8 Å². The zero-order valence-electron chi connectivity index (χ0n) is 15.6. The van der Waals surface area contributed by atoms with Crippen LogP contribution < -0.4 is 10.2 Å². The fourth-order valence-corrected chi connectivity index (χ4v) is 4.47. The summed E-state index contributed by atoms with van der Waals surface area (Å²) in [4.78, 5) is 12.2. The van der Waals surface area contributed by atoms with Gasteiger partial charge in [0.05, 0.1) is 23.4 Å². The molecule has 1 fully saturated rings. The Morgan fingerprint density at radius 1 is 0.966 bits per heavy atom. The van der Waals surface area contributed by atoms with Gasteiger partial charge < -0.3 is 15.0 Å². The summed E-state index contributed by atoms with van der Waals surface area (Å²) >= 11 is 1.60. The molecule has 0 amide bonds. The van der Waals surface area contributed by atoms with E-state index in [-0.39, 0.29) is 5.82 Å². The zero-order valence-corrected chi connectivity index (χ0v) is 16.5. The van der Waals surface area contributed by atoms with Crippen molar-refractivity contribution in [2.24, 2.45) is 0 Å². The van der Waals surface area contributed by atoms with Crippen LogP contribution in [0.5, 0.6) is 0 Å². The van der Waals surface area contributed by atoms with Crippen LogP contribution in [0.4, 0.5) is 21.6 Å². The SMILES string of the molecule is Fc1ccc(-c2cc3ncnc(Nc4ccc(N5CCOCC5)cc4)c3s2)cc1. The third kappa shape index (κ3) is 3.79. The lowest BCUT2D eigenvalue weighted by Gasteiger charge is -2.28. The number of benzene rings is 2. The van der Waals surface area contributed by atoms with E-state index >= 15 is 0 Å². The molecule has 0 unspecified atom stereocenters. The van der Waals surface area contributed by atoms with Gasteiger partial charge in [0.15, 0.2) is 5.82 Å². The summed E-state index contributed by atoms with van der Waals surface area (Å²) in [6.07, 6.45) is 1.56. The van der Waals surface area contributed by atoms with Crippen LogP contribution in [0.1, 0.15) is 0 Å². The van der Waals surface area contributed by atoms with Gasteiger partial charge >= 0.3 is 0 Å². The van der Waals surface area contributed by atoms with Gasteiger partial charge in [-0.05, 0) is 48.0 Å². The molecule has 0 saturated carbocycles. The van der Waals surface area contributed by atoms with Crippen LogP contribution >= 0.6 is 11.3 Å². The number of hydrogen-bond donors (Lipinski definition) is 1. The van der Waals surface area contributed by atoms with Crippen molar-refractivity contribution in [2.75, 3.05) is 36.5 Å². The fraction of sp³-hybridized carbons (Fsp3) is 0.182. The minimum absolute atomic E-state index is 0.238. The van der Waals surface area contributed by atoms with Crippen LogP contribution in [-0.2, 0) is 4.74 Å². The van der Waals surface area contributed by atoms with E-state index < -0.39 is 0 Å². The molecule has 1 N–H and O–H groups in total. The Labute approximate surface area is 171 Å². The number of nitrogens with one attached hydrogen (secondary N) is 1. The highest BCUT2D eigenvalue weighted by Gasteiger charge is 2.13. The molecule has 0 aliphatic carbocycles. The smallest absolute Gasteiger partial charge is 0.151 e. The van der Waals surface area contributed by atoms with E-state index in [2.05, 4.69) is 44.5 Å². The average molecular weight is 406 g/mol. The minimum atomic E-state index is -0.238. The lowest BCUT2D eigenvalue weighted by atomic mass is 10.2. The largest absolute Gasteiger partial charge is 0.378 e. The van der Waals surface area contributed by atoms with Crippen molar-refractivity contribution in [3.05, 3.63) is 66.7 Å². The number of aromatic nitrogens is 2. The maximum absolute atomic E-state index is 13.2. The first-order valence-corrected chi connectivity index (χ1v) is 10.3. The molecule has 2 aromatic carbocycles. The second-order valence-electron chi connectivity index (χ2n) is 6.83. The van der Waals surface area contributed by atoms with Crippen molar-refractivity contribution in [3.8, 4) is 10.4 Å². The molecular weight excluding hydrogens is 387 g/mol. The number of fused-ring (bicyclic) bond motifs is 1. The van der Waals surface area contributed by atoms with Crippen molar-refractivity contribution in [1.82, 2.24) is 9.97 Å². The summed E-state index contributed by atoms with van der Waals surface area (Å²) in [5.41, 5.74) is 4.01. The van der Waals surface area contributed by atoms with E-state index in [4.69, 9.17) is 4.74 Å². The summed E-state index contributed by atoms with van der Waals surface area (Å²) in [6, 6.07) is 16.9. The van der Waals surface area contributed by atoms with E-state index in [1.807, 2.05) is 6.07 Å². The van der Waals surface area contributed by atoms with Crippen molar-refractivity contribution in [2.45, 2.75) is 0 Å². The maximum Gasteiger partial charge on any atom is 0.151 e. The van der Waals surface area contributed by atoms with Crippen LogP contribution in [0.15, 0.2) is 60.9 Å². The number of morpholine rings is 1. The quantitative estimate of drug-likeness (QED) is 0.512. The second-order valence-corrected chi connectivity index (χ2v) is 7.88. The van der Waals surface area contributed by atoms with Crippen LogP contribution in [0.25, 0.3) is 20.7 Å². The normalized spacial score (nSPS) is 14.3. The number of ether oxygens (including phenoxy) is 1. The monoisotopic (exact) mass is 406 g/mol. The van der Waals surface area contributed by atoms with E-state index in [9.17, 15) is 4.39 Å². The van der Waals surface area contributed by atoms with Crippen molar-refractivity contribution in [1.29, 1.82) is 0 Å². The van der Waals surface area contributed by atoms with Gasteiger partial charge in [-0.2, -0.15) is 0 Å². The van der Waals surface area contributed by atoms with Crippen molar-refractivity contribution >= 4 is 38.7 Å². The lowest BCUT2D eigenvalue weighted by molar-refractivity contribution is 0.122. The minimum Gasteiger partial charge on any atom is -0.378 e. The molecule has 2 aromatic heterocycles. The predicted molar refractivity (Wildman–Crippen MR) is 116 cm³/mol. The summed E-state index contributed by atoms with van der Waals surface area (Å²) < 4.78 is 19.6. The molecule has 7 heteroatoms. The maximum atomic E-state index is 13.2. The standard InChI is InChI=1S/C22H19FN4OS/c23-16-3-1-15(2-4-16)20-13-19-21(29-20)22(25-14-24-19)26-17-5-7-18(8-6-17)27-9-11-28-12-10-27/h1-8,13-14H,9-12H2,(H,24,25,26). The highest BCUT2D eigenvalue weighted by molar-refractivity contribution is 7.22. The molecule has 0 spiro atoms. The molecule has 146 valence electrons. The van der Waals surface area contributed by atoms with Crippen molar-refractivity contribution in [3.63, 3.8) is 0 Å². The Hall–Kier alpha value is -3.03. The molecule has 0 radical (unpaired) electrons. The summed E-state index contributed by atoms with van der Waals surface area (Å²) in [6.45, 7) is 3.38. The van der Waals surface area contributed by atoms with Crippen molar-refractivity contribution < 1.29 is 9.13 Å². The number of hydrogen-bond acceptors (Lipinski definition) is 6. The van der Waals surface area contributed by atoms with Gasteiger partial charge in [0.1, 0.15) is 12.1 Å². The van der Waals surface area contributed by atoms with Gasteiger partial charge in [-0.15, -0.1) is 11.3 Å². The fourth-order valence-electron chi connectivity index (χ4n) is 3.41. The molecule has 29 heavy (non-hydrogen) atoms. The predicted octanol–water partition coefficient (Wildman–Crippen LogP) is 5.08. The number of thiophene rings is 1. The molecule has 0 bridgehead atoms. The topological polar surface area (TPSA) is 50.3 Å². The highest BCUT2D eigenvalue weighted by Crippen LogP contribution is 2.36. The highest BCUT2D eigenvalue weighted by atomic mass is 32.1. The molecule has 0 atom stereocenters. The van der Waals surface area contributed by atoms with Crippen LogP contribution in [-0.4, -0.2) is 36.3 Å². The van der Waals surface area contributed by atoms with Gasteiger partial charge in [-0.1, -0.05) is 12.1 Å². The molecule has 5 nitrogen and oxygen atoms in total. The third-order valence-corrected chi connectivity index (χ3v) is 6.13. The van der Waals surface area contributed by atoms with E-state index in [1.165, 1.54) is 17.8 Å². The molecule has 4 aromatic rings. The molecular formula is C22H19FN4OS. The molecule has 1 aliphatic heterocycles. The van der Waals surface area contributed by atoms with Gasteiger partial charge in [-0.3, -0.25) is 0 Å². The van der Waals surface area contributed by atoms with Crippen LogP contribution in [0.3, 0.4) is 0 Å². The first-order chi connectivity index (χ1) is 14.3. The number of nitrogens with zero attached hydrogens (tertiary/aromatic N) is 3. The molecule has 3 heterocycles. The van der Waals surface area contributed by atoms with Gasteiger partial charge in [0, 0.05) is 29.3 Å². The van der Waals surface area contributed by atoms with E-state index in [0.717, 1.165) is 58.5 Å². The lowest BCUT2D eigenvalue weighted by Crippen LogP contribution is -2.36. The van der Waals surface area contributed by atoms with E-state index in [0.29, 0.717) is 0 Å². The molecule has 1 saturated heterocycles. The Morgan fingerprint density at radius 3 is 2.48 bits per heavy atom. The van der Waals surface area contributed by atoms with Crippen LogP contribution in [0.2, 0.25) is 0 Å². The Balaban J connectivity index is 1.40. The Morgan fingerprint density at radius 2 is 1.72 bits per heavy atom. The summed E-state index contributed by atoms with van der Waals surface area (Å²) in [5, 5.41) is 3.41. The number of anilines is 3. The number of rotatable bonds is 4. The van der Waals surface area contributed by atoms with Gasteiger partial charge in [-0.25, -0.2) is 14.4 Å². The molecule has 1 aliphatic rings. The average Bonchev–Trinajstić information content (AvgIpc) is 3.21. The Kier molecular flexibility index (Phi) is 4.83.